The van der Waals surface area contributed by atoms with E-state index in [4.69, 9.17) is 5.11 Å². The number of aliphatic hydroxyl groups excluding tert-OH is 1. The molecule has 2 aromatic rings. The molecule has 0 aliphatic heterocycles. The molecular formula is C14H16N2O3. The summed E-state index contributed by atoms with van der Waals surface area (Å²) in [6.45, 7) is 1.74. The molecule has 0 bridgehead atoms. The van der Waals surface area contributed by atoms with Crippen LogP contribution in [0.3, 0.4) is 0 Å². The highest BCUT2D eigenvalue weighted by Crippen LogP contribution is 2.25. The Morgan fingerprint density at radius 3 is 2.63 bits per heavy atom. The maximum absolute atomic E-state index is 11.0. The average Bonchev–Trinajstić information content (AvgIpc) is 2.89. The van der Waals surface area contributed by atoms with Crippen molar-refractivity contribution in [3.8, 4) is 5.69 Å². The van der Waals surface area contributed by atoms with Gasteiger partial charge in [0, 0.05) is 11.8 Å². The zero-order valence-electron chi connectivity index (χ0n) is 10.6. The summed E-state index contributed by atoms with van der Waals surface area (Å²) in [4.78, 5) is 11.0. The minimum absolute atomic E-state index is 0.368. The predicted molar refractivity (Wildman–Crippen MR) is 69.9 cm³/mol. The van der Waals surface area contributed by atoms with Crippen molar-refractivity contribution in [3.63, 3.8) is 0 Å². The van der Waals surface area contributed by atoms with Crippen LogP contribution in [-0.4, -0.2) is 26.0 Å². The Morgan fingerprint density at radius 1 is 1.37 bits per heavy atom. The van der Waals surface area contributed by atoms with Crippen molar-refractivity contribution in [1.29, 1.82) is 0 Å². The third kappa shape index (κ3) is 2.82. The fourth-order valence-electron chi connectivity index (χ4n) is 1.98. The van der Waals surface area contributed by atoms with Crippen LogP contribution in [0.4, 0.5) is 0 Å². The van der Waals surface area contributed by atoms with Gasteiger partial charge in [-0.2, -0.15) is 5.10 Å². The summed E-state index contributed by atoms with van der Waals surface area (Å²) in [5.41, 5.74) is 1.38. The second kappa shape index (κ2) is 5.67. The van der Waals surface area contributed by atoms with Gasteiger partial charge in [0.25, 0.3) is 0 Å². The van der Waals surface area contributed by atoms with Gasteiger partial charge in [-0.25, -0.2) is 4.68 Å². The minimum Gasteiger partial charge on any atom is -0.481 e. The van der Waals surface area contributed by atoms with Gasteiger partial charge in [-0.15, -0.1) is 0 Å². The molecule has 0 aliphatic rings. The summed E-state index contributed by atoms with van der Waals surface area (Å²) < 4.78 is 1.62. The second-order valence-electron chi connectivity index (χ2n) is 4.35. The molecule has 1 aromatic heterocycles. The number of hydrogen-bond acceptors (Lipinski definition) is 3. The molecule has 1 heterocycles. The Labute approximate surface area is 111 Å². The van der Waals surface area contributed by atoms with Crippen LogP contribution in [0.1, 0.15) is 25.0 Å². The van der Waals surface area contributed by atoms with E-state index in [1.165, 1.54) is 6.20 Å². The molecule has 0 radical (unpaired) electrons. The van der Waals surface area contributed by atoms with Gasteiger partial charge < -0.3 is 10.2 Å². The van der Waals surface area contributed by atoms with E-state index in [0.717, 1.165) is 5.69 Å². The van der Waals surface area contributed by atoms with E-state index >= 15 is 0 Å². The van der Waals surface area contributed by atoms with Crippen LogP contribution in [0, 0.1) is 5.92 Å². The van der Waals surface area contributed by atoms with Crippen molar-refractivity contribution in [2.24, 2.45) is 5.92 Å². The standard InChI is InChI=1S/C14H16N2O3/c1-2-12(14(18)19)13(17)10-8-15-16(9-10)11-6-4-3-5-7-11/h3-9,12-13,17H,2H2,1H3,(H,18,19). The lowest BCUT2D eigenvalue weighted by atomic mass is 9.96. The number of carbonyl (C=O) groups is 1. The van der Waals surface area contributed by atoms with Crippen LogP contribution in [0.15, 0.2) is 42.7 Å². The van der Waals surface area contributed by atoms with Gasteiger partial charge >= 0.3 is 5.97 Å². The molecule has 0 aliphatic carbocycles. The van der Waals surface area contributed by atoms with Gasteiger partial charge in [-0.1, -0.05) is 25.1 Å². The minimum atomic E-state index is -1.04. The predicted octanol–water partition coefficient (Wildman–Crippen LogP) is 2.02. The first-order valence-corrected chi connectivity index (χ1v) is 6.14. The Hall–Kier alpha value is -2.14. The molecule has 0 saturated heterocycles. The lowest BCUT2D eigenvalue weighted by Gasteiger charge is -2.15. The number of aromatic nitrogens is 2. The van der Waals surface area contributed by atoms with Crippen LogP contribution in [-0.2, 0) is 4.79 Å². The molecule has 1 aromatic carbocycles. The Balaban J connectivity index is 2.24. The number of hydrogen-bond donors (Lipinski definition) is 2. The number of para-hydroxylation sites is 1. The smallest absolute Gasteiger partial charge is 0.309 e. The van der Waals surface area contributed by atoms with Crippen molar-refractivity contribution >= 4 is 5.97 Å². The number of rotatable bonds is 5. The first-order chi connectivity index (χ1) is 9.13. The normalized spacial score (nSPS) is 14.0. The topological polar surface area (TPSA) is 75.3 Å². The third-order valence-corrected chi connectivity index (χ3v) is 3.10. The highest BCUT2D eigenvalue weighted by Gasteiger charge is 2.27. The molecule has 0 amide bonds. The highest BCUT2D eigenvalue weighted by molar-refractivity contribution is 5.70. The number of benzene rings is 1. The third-order valence-electron chi connectivity index (χ3n) is 3.10. The van der Waals surface area contributed by atoms with E-state index in [9.17, 15) is 9.90 Å². The fourth-order valence-corrected chi connectivity index (χ4v) is 1.98. The monoisotopic (exact) mass is 260 g/mol. The number of nitrogens with zero attached hydrogens (tertiary/aromatic N) is 2. The highest BCUT2D eigenvalue weighted by atomic mass is 16.4. The van der Waals surface area contributed by atoms with Crippen molar-refractivity contribution in [2.45, 2.75) is 19.4 Å². The molecule has 0 fully saturated rings. The second-order valence-corrected chi connectivity index (χ2v) is 4.35. The van der Waals surface area contributed by atoms with Crippen LogP contribution in [0.5, 0.6) is 0 Å². The summed E-state index contributed by atoms with van der Waals surface area (Å²) in [6, 6.07) is 9.45. The van der Waals surface area contributed by atoms with Gasteiger partial charge in [0.05, 0.1) is 23.9 Å². The molecular weight excluding hydrogens is 244 g/mol. The van der Waals surface area contributed by atoms with Crippen LogP contribution in [0.2, 0.25) is 0 Å². The number of aliphatic carboxylic acids is 1. The fraction of sp³-hybridized carbons (Fsp3) is 0.286. The lowest BCUT2D eigenvalue weighted by Crippen LogP contribution is -2.20. The lowest BCUT2D eigenvalue weighted by molar-refractivity contribution is -0.146. The quantitative estimate of drug-likeness (QED) is 0.862. The maximum atomic E-state index is 11.0. The SMILES string of the molecule is CCC(C(=O)O)C(O)c1cnn(-c2ccccc2)c1. The van der Waals surface area contributed by atoms with Crippen molar-refractivity contribution in [1.82, 2.24) is 9.78 Å². The van der Waals surface area contributed by atoms with Crippen molar-refractivity contribution in [2.75, 3.05) is 0 Å². The van der Waals surface area contributed by atoms with E-state index in [2.05, 4.69) is 5.10 Å². The summed E-state index contributed by atoms with van der Waals surface area (Å²) in [5.74, 6) is -1.81. The van der Waals surface area contributed by atoms with E-state index in [1.807, 2.05) is 30.3 Å². The van der Waals surface area contributed by atoms with Gasteiger partial charge in [0.1, 0.15) is 0 Å². The Morgan fingerprint density at radius 2 is 2.05 bits per heavy atom. The Bertz CT molecular complexity index is 551. The first kappa shape index (κ1) is 13.3. The van der Waals surface area contributed by atoms with Gasteiger partial charge in [0.2, 0.25) is 0 Å². The average molecular weight is 260 g/mol. The molecule has 0 spiro atoms. The molecule has 2 unspecified atom stereocenters. The number of carboxylic acid groups (broad SMARTS) is 1. The van der Waals surface area contributed by atoms with Gasteiger partial charge in [0.15, 0.2) is 0 Å². The molecule has 2 N–H and O–H groups in total. The van der Waals surface area contributed by atoms with E-state index < -0.39 is 18.0 Å². The number of carboxylic acids is 1. The first-order valence-electron chi connectivity index (χ1n) is 6.14. The molecule has 100 valence electrons. The summed E-state index contributed by atoms with van der Waals surface area (Å²) in [5, 5.41) is 23.3. The summed E-state index contributed by atoms with van der Waals surface area (Å²) >= 11 is 0. The van der Waals surface area contributed by atoms with Crippen molar-refractivity contribution in [3.05, 3.63) is 48.3 Å². The summed E-state index contributed by atoms with van der Waals surface area (Å²) in [6.07, 6.45) is 2.49. The van der Waals surface area contributed by atoms with Crippen molar-refractivity contribution < 1.29 is 15.0 Å². The molecule has 2 rings (SSSR count). The molecule has 5 heteroatoms. The maximum Gasteiger partial charge on any atom is 0.309 e. The molecule has 2 atom stereocenters. The van der Waals surface area contributed by atoms with Gasteiger partial charge in [-0.05, 0) is 18.6 Å². The zero-order valence-corrected chi connectivity index (χ0v) is 10.6. The summed E-state index contributed by atoms with van der Waals surface area (Å²) in [7, 11) is 0. The van der Waals surface area contributed by atoms with Crippen LogP contribution in [0.25, 0.3) is 5.69 Å². The van der Waals surface area contributed by atoms with Crippen LogP contribution < -0.4 is 0 Å². The Kier molecular flexibility index (Phi) is 3.97. The van der Waals surface area contributed by atoms with E-state index in [1.54, 1.807) is 17.8 Å². The molecule has 5 nitrogen and oxygen atoms in total. The van der Waals surface area contributed by atoms with E-state index in [0.29, 0.717) is 12.0 Å². The molecule has 0 saturated carbocycles. The largest absolute Gasteiger partial charge is 0.481 e. The van der Waals surface area contributed by atoms with Gasteiger partial charge in [-0.3, -0.25) is 4.79 Å². The van der Waals surface area contributed by atoms with Crippen LogP contribution >= 0.6 is 0 Å². The zero-order chi connectivity index (χ0) is 13.8. The number of aliphatic hydroxyl groups is 1. The van der Waals surface area contributed by atoms with E-state index in [-0.39, 0.29) is 0 Å². The molecule has 19 heavy (non-hydrogen) atoms.